The lowest BCUT2D eigenvalue weighted by atomic mass is 10.0. The van der Waals surface area contributed by atoms with Gasteiger partial charge in [-0.15, -0.1) is 0 Å². The predicted octanol–water partition coefficient (Wildman–Crippen LogP) is 3.08. The number of carbonyl (C=O) groups excluding carboxylic acids is 2. The van der Waals surface area contributed by atoms with Gasteiger partial charge in [0, 0.05) is 17.5 Å². The number of fused-ring (bicyclic) bond motifs is 1. The second kappa shape index (κ2) is 7.78. The zero-order valence-corrected chi connectivity index (χ0v) is 14.9. The molecule has 2 aromatic carbocycles. The van der Waals surface area contributed by atoms with E-state index in [9.17, 15) is 9.59 Å². The molecule has 1 aromatic heterocycles. The van der Waals surface area contributed by atoms with E-state index in [1.165, 1.54) is 0 Å². The Hall–Kier alpha value is -3.21. The van der Waals surface area contributed by atoms with Crippen molar-refractivity contribution in [1.29, 1.82) is 0 Å². The van der Waals surface area contributed by atoms with E-state index in [-0.39, 0.29) is 18.4 Å². The number of nitrogens with zero attached hydrogens (tertiary/aromatic N) is 1. The fourth-order valence-corrected chi connectivity index (χ4v) is 2.75. The standard InChI is InChI=1S/C21H21N3O2/c1-3-22-20(25)13-23-21(26)17-12-19(15-10-8-14(2)9-11-15)24-18-7-5-4-6-16(17)18/h4-12H,3,13H2,1-2H3,(H,22,25)(H,23,26). The monoisotopic (exact) mass is 347 g/mol. The van der Waals surface area contributed by atoms with Crippen molar-refractivity contribution in [3.05, 3.63) is 65.7 Å². The molecule has 0 aliphatic heterocycles. The van der Waals surface area contributed by atoms with Crippen molar-refractivity contribution in [2.45, 2.75) is 13.8 Å². The Morgan fingerprint density at radius 1 is 1.00 bits per heavy atom. The third-order valence-electron chi connectivity index (χ3n) is 4.09. The van der Waals surface area contributed by atoms with Crippen LogP contribution in [0.4, 0.5) is 0 Å². The summed E-state index contributed by atoms with van der Waals surface area (Å²) in [4.78, 5) is 29.0. The van der Waals surface area contributed by atoms with Crippen LogP contribution < -0.4 is 10.6 Å². The molecule has 2 amide bonds. The first kappa shape index (κ1) is 17.6. The quantitative estimate of drug-likeness (QED) is 0.745. The Morgan fingerprint density at radius 2 is 1.73 bits per heavy atom. The third kappa shape index (κ3) is 3.88. The highest BCUT2D eigenvalue weighted by Gasteiger charge is 2.14. The van der Waals surface area contributed by atoms with Crippen LogP contribution in [0.5, 0.6) is 0 Å². The van der Waals surface area contributed by atoms with E-state index >= 15 is 0 Å². The Balaban J connectivity index is 1.98. The molecule has 0 atom stereocenters. The lowest BCUT2D eigenvalue weighted by Crippen LogP contribution is -2.36. The summed E-state index contributed by atoms with van der Waals surface area (Å²) in [5, 5.41) is 6.11. The van der Waals surface area contributed by atoms with Crippen LogP contribution in [-0.4, -0.2) is 29.9 Å². The number of hydrogen-bond donors (Lipinski definition) is 2. The van der Waals surface area contributed by atoms with Crippen molar-refractivity contribution in [3.63, 3.8) is 0 Å². The van der Waals surface area contributed by atoms with Crippen molar-refractivity contribution < 1.29 is 9.59 Å². The summed E-state index contributed by atoms with van der Waals surface area (Å²) < 4.78 is 0. The van der Waals surface area contributed by atoms with Crippen LogP contribution in [-0.2, 0) is 4.79 Å². The Labute approximate surface area is 152 Å². The Kier molecular flexibility index (Phi) is 5.27. The van der Waals surface area contributed by atoms with Crippen LogP contribution in [0.3, 0.4) is 0 Å². The second-order valence-corrected chi connectivity index (χ2v) is 6.07. The number of hydrogen-bond acceptors (Lipinski definition) is 3. The molecule has 0 bridgehead atoms. The van der Waals surface area contributed by atoms with Gasteiger partial charge in [-0.25, -0.2) is 4.98 Å². The number of para-hydroxylation sites is 1. The Bertz CT molecular complexity index is 949. The smallest absolute Gasteiger partial charge is 0.252 e. The molecule has 0 aliphatic rings. The van der Waals surface area contributed by atoms with Gasteiger partial charge in [-0.05, 0) is 26.0 Å². The van der Waals surface area contributed by atoms with E-state index in [0.29, 0.717) is 12.1 Å². The number of aryl methyl sites for hydroxylation is 1. The van der Waals surface area contributed by atoms with Gasteiger partial charge in [-0.2, -0.15) is 0 Å². The van der Waals surface area contributed by atoms with Crippen molar-refractivity contribution >= 4 is 22.7 Å². The topological polar surface area (TPSA) is 71.1 Å². The maximum Gasteiger partial charge on any atom is 0.252 e. The lowest BCUT2D eigenvalue weighted by molar-refractivity contribution is -0.120. The molecule has 3 rings (SSSR count). The number of amides is 2. The average molecular weight is 347 g/mol. The minimum absolute atomic E-state index is 0.0524. The number of carbonyl (C=O) groups is 2. The first-order valence-corrected chi connectivity index (χ1v) is 8.60. The molecule has 0 spiro atoms. The fourth-order valence-electron chi connectivity index (χ4n) is 2.75. The second-order valence-electron chi connectivity index (χ2n) is 6.07. The van der Waals surface area contributed by atoms with E-state index < -0.39 is 0 Å². The Morgan fingerprint density at radius 3 is 2.46 bits per heavy atom. The van der Waals surface area contributed by atoms with Crippen LogP contribution in [0.15, 0.2) is 54.6 Å². The van der Waals surface area contributed by atoms with Crippen LogP contribution in [0, 0.1) is 6.92 Å². The highest BCUT2D eigenvalue weighted by molar-refractivity contribution is 6.08. The first-order valence-electron chi connectivity index (χ1n) is 8.60. The van der Waals surface area contributed by atoms with Gasteiger partial charge < -0.3 is 10.6 Å². The fraction of sp³-hybridized carbons (Fsp3) is 0.190. The summed E-state index contributed by atoms with van der Waals surface area (Å²) in [6, 6.07) is 17.3. The van der Waals surface area contributed by atoms with E-state index in [0.717, 1.165) is 27.7 Å². The average Bonchev–Trinajstić information content (AvgIpc) is 2.66. The van der Waals surface area contributed by atoms with Gasteiger partial charge in [0.25, 0.3) is 5.91 Å². The van der Waals surface area contributed by atoms with Crippen molar-refractivity contribution in [3.8, 4) is 11.3 Å². The molecule has 5 nitrogen and oxygen atoms in total. The molecule has 0 aliphatic carbocycles. The first-order chi connectivity index (χ1) is 12.6. The molecule has 0 saturated carbocycles. The van der Waals surface area contributed by atoms with Crippen molar-refractivity contribution in [2.75, 3.05) is 13.1 Å². The summed E-state index contributed by atoms with van der Waals surface area (Å²) in [7, 11) is 0. The van der Waals surface area contributed by atoms with Gasteiger partial charge in [0.05, 0.1) is 23.3 Å². The van der Waals surface area contributed by atoms with Gasteiger partial charge in [0.2, 0.25) is 5.91 Å². The van der Waals surface area contributed by atoms with Crippen molar-refractivity contribution in [1.82, 2.24) is 15.6 Å². The van der Waals surface area contributed by atoms with Gasteiger partial charge in [0.1, 0.15) is 0 Å². The van der Waals surface area contributed by atoms with Gasteiger partial charge >= 0.3 is 0 Å². The minimum atomic E-state index is -0.289. The molecule has 0 fully saturated rings. The van der Waals surface area contributed by atoms with Crippen LogP contribution in [0.2, 0.25) is 0 Å². The summed E-state index contributed by atoms with van der Waals surface area (Å²) in [5.74, 6) is -0.499. The number of benzene rings is 2. The molecule has 26 heavy (non-hydrogen) atoms. The molecular weight excluding hydrogens is 326 g/mol. The maximum atomic E-state index is 12.7. The zero-order chi connectivity index (χ0) is 18.5. The lowest BCUT2D eigenvalue weighted by Gasteiger charge is -2.11. The normalized spacial score (nSPS) is 10.5. The zero-order valence-electron chi connectivity index (χ0n) is 14.9. The molecule has 1 heterocycles. The number of aromatic nitrogens is 1. The van der Waals surface area contributed by atoms with E-state index in [1.807, 2.05) is 62.4 Å². The largest absolute Gasteiger partial charge is 0.355 e. The molecule has 5 heteroatoms. The summed E-state index contributed by atoms with van der Waals surface area (Å²) in [5.41, 5.74) is 4.09. The molecule has 0 unspecified atom stereocenters. The number of nitrogens with one attached hydrogen (secondary N) is 2. The molecule has 0 radical (unpaired) electrons. The van der Waals surface area contributed by atoms with Crippen LogP contribution >= 0.6 is 0 Å². The van der Waals surface area contributed by atoms with E-state index in [4.69, 9.17) is 0 Å². The van der Waals surface area contributed by atoms with E-state index in [2.05, 4.69) is 15.6 Å². The summed E-state index contributed by atoms with van der Waals surface area (Å²) >= 11 is 0. The number of likely N-dealkylation sites (N-methyl/N-ethyl adjacent to an activating group) is 1. The van der Waals surface area contributed by atoms with Gasteiger partial charge in [-0.1, -0.05) is 48.0 Å². The predicted molar refractivity (Wildman–Crippen MR) is 103 cm³/mol. The van der Waals surface area contributed by atoms with Crippen molar-refractivity contribution in [2.24, 2.45) is 0 Å². The van der Waals surface area contributed by atoms with Gasteiger partial charge in [0.15, 0.2) is 0 Å². The molecule has 3 aromatic rings. The number of rotatable bonds is 5. The molecule has 2 N–H and O–H groups in total. The summed E-state index contributed by atoms with van der Waals surface area (Å²) in [6.45, 7) is 4.34. The minimum Gasteiger partial charge on any atom is -0.355 e. The van der Waals surface area contributed by atoms with Gasteiger partial charge in [-0.3, -0.25) is 9.59 Å². The third-order valence-corrected chi connectivity index (χ3v) is 4.09. The van der Waals surface area contributed by atoms with Crippen LogP contribution in [0.1, 0.15) is 22.8 Å². The highest BCUT2D eigenvalue weighted by atomic mass is 16.2. The molecule has 132 valence electrons. The van der Waals surface area contributed by atoms with Crippen LogP contribution in [0.25, 0.3) is 22.2 Å². The highest BCUT2D eigenvalue weighted by Crippen LogP contribution is 2.25. The molecule has 0 saturated heterocycles. The number of pyridine rings is 1. The molecular formula is C21H21N3O2. The summed E-state index contributed by atoms with van der Waals surface area (Å²) in [6.07, 6.45) is 0. The SMILES string of the molecule is CCNC(=O)CNC(=O)c1cc(-c2ccc(C)cc2)nc2ccccc12. The maximum absolute atomic E-state index is 12.7. The van der Waals surface area contributed by atoms with E-state index in [1.54, 1.807) is 6.07 Å².